The lowest BCUT2D eigenvalue weighted by molar-refractivity contribution is 0.370. The van der Waals surface area contributed by atoms with Crippen LogP contribution in [0.3, 0.4) is 0 Å². The lowest BCUT2D eigenvalue weighted by atomic mass is 10.3. The van der Waals surface area contributed by atoms with E-state index in [0.29, 0.717) is 12.4 Å². The van der Waals surface area contributed by atoms with Crippen molar-refractivity contribution in [3.05, 3.63) is 18.3 Å². The second-order valence-electron chi connectivity index (χ2n) is 4.38. The number of likely N-dealkylation sites (N-methyl/N-ethyl adjacent to an activating group) is 1. The van der Waals surface area contributed by atoms with Crippen LogP contribution in [-0.2, 0) is 10.0 Å². The number of sulfonamides is 1. The summed E-state index contributed by atoms with van der Waals surface area (Å²) in [5.74, 6) is 0.349. The van der Waals surface area contributed by atoms with Crippen LogP contribution in [-0.4, -0.2) is 52.0 Å². The maximum atomic E-state index is 12.2. The van der Waals surface area contributed by atoms with Gasteiger partial charge in [0.1, 0.15) is 10.7 Å². The highest BCUT2D eigenvalue weighted by molar-refractivity contribution is 7.89. The van der Waals surface area contributed by atoms with E-state index in [4.69, 9.17) is 0 Å². The van der Waals surface area contributed by atoms with Gasteiger partial charge in [-0.05, 0) is 33.2 Å². The predicted octanol–water partition coefficient (Wildman–Crippen LogP) is 0.352. The fraction of sp³-hybridized carbons (Fsp3) is 0.545. The first-order valence-corrected chi connectivity index (χ1v) is 7.15. The number of nitrogens with one attached hydrogen (secondary N) is 2. The zero-order valence-corrected chi connectivity index (χ0v) is 12.0. The summed E-state index contributed by atoms with van der Waals surface area (Å²) >= 11 is 0. The standard InChI is InChI=1S/C11H20N4O2S/c1-9(8-15(3)4)14-18(16,17)10-6-5-7-13-11(10)12-2/h5-7,9,14H,8H2,1-4H3,(H,12,13). The van der Waals surface area contributed by atoms with Crippen LogP contribution in [0, 0.1) is 0 Å². The molecule has 1 unspecified atom stereocenters. The SMILES string of the molecule is CNc1ncccc1S(=O)(=O)NC(C)CN(C)C. The van der Waals surface area contributed by atoms with Crippen LogP contribution < -0.4 is 10.0 Å². The van der Waals surface area contributed by atoms with E-state index in [1.807, 2.05) is 25.9 Å². The highest BCUT2D eigenvalue weighted by atomic mass is 32.2. The zero-order chi connectivity index (χ0) is 13.8. The van der Waals surface area contributed by atoms with E-state index in [0.717, 1.165) is 0 Å². The average Bonchev–Trinajstić information content (AvgIpc) is 2.27. The highest BCUT2D eigenvalue weighted by Crippen LogP contribution is 2.17. The Morgan fingerprint density at radius 1 is 1.44 bits per heavy atom. The van der Waals surface area contributed by atoms with Crippen molar-refractivity contribution in [3.8, 4) is 0 Å². The molecule has 0 aliphatic rings. The van der Waals surface area contributed by atoms with E-state index in [1.54, 1.807) is 19.3 Å². The number of nitrogens with zero attached hydrogens (tertiary/aromatic N) is 2. The quantitative estimate of drug-likeness (QED) is 0.782. The van der Waals surface area contributed by atoms with E-state index in [-0.39, 0.29) is 10.9 Å². The van der Waals surface area contributed by atoms with Crippen LogP contribution >= 0.6 is 0 Å². The smallest absolute Gasteiger partial charge is 0.244 e. The third kappa shape index (κ3) is 3.94. The largest absolute Gasteiger partial charge is 0.372 e. The molecule has 18 heavy (non-hydrogen) atoms. The summed E-state index contributed by atoms with van der Waals surface area (Å²) < 4.78 is 27.0. The van der Waals surface area contributed by atoms with Crippen molar-refractivity contribution in [1.82, 2.24) is 14.6 Å². The molecule has 1 heterocycles. The van der Waals surface area contributed by atoms with Gasteiger partial charge in [0.25, 0.3) is 0 Å². The molecule has 0 amide bonds. The molecule has 0 saturated heterocycles. The molecule has 1 aromatic rings. The predicted molar refractivity (Wildman–Crippen MR) is 72.1 cm³/mol. The molecule has 0 fully saturated rings. The molecule has 0 bridgehead atoms. The van der Waals surface area contributed by atoms with Gasteiger partial charge < -0.3 is 10.2 Å². The molecule has 1 rings (SSSR count). The Balaban J connectivity index is 2.93. The third-order valence-electron chi connectivity index (χ3n) is 2.29. The van der Waals surface area contributed by atoms with Gasteiger partial charge in [-0.1, -0.05) is 0 Å². The van der Waals surface area contributed by atoms with Crippen LogP contribution in [0.25, 0.3) is 0 Å². The summed E-state index contributed by atoms with van der Waals surface area (Å²) in [6, 6.07) is 2.96. The van der Waals surface area contributed by atoms with Gasteiger partial charge in [-0.25, -0.2) is 18.1 Å². The molecular weight excluding hydrogens is 252 g/mol. The van der Waals surface area contributed by atoms with Crippen LogP contribution in [0.2, 0.25) is 0 Å². The summed E-state index contributed by atoms with van der Waals surface area (Å²) in [5.41, 5.74) is 0. The van der Waals surface area contributed by atoms with Crippen LogP contribution in [0.4, 0.5) is 5.82 Å². The van der Waals surface area contributed by atoms with Crippen molar-refractivity contribution in [2.24, 2.45) is 0 Å². The number of pyridine rings is 1. The summed E-state index contributed by atoms with van der Waals surface area (Å²) in [6.07, 6.45) is 1.55. The van der Waals surface area contributed by atoms with E-state index in [1.165, 1.54) is 6.07 Å². The molecule has 0 aliphatic carbocycles. The Bertz CT molecular complexity index is 488. The molecule has 6 nitrogen and oxygen atoms in total. The number of aromatic nitrogens is 1. The molecule has 0 radical (unpaired) electrons. The number of hydrogen-bond acceptors (Lipinski definition) is 5. The normalized spacial score (nSPS) is 13.6. The molecule has 0 saturated carbocycles. The molecule has 2 N–H and O–H groups in total. The minimum Gasteiger partial charge on any atom is -0.372 e. The lowest BCUT2D eigenvalue weighted by Crippen LogP contribution is -2.39. The van der Waals surface area contributed by atoms with Gasteiger partial charge in [-0.3, -0.25) is 0 Å². The summed E-state index contributed by atoms with van der Waals surface area (Å²) in [4.78, 5) is 6.08. The van der Waals surface area contributed by atoms with E-state index >= 15 is 0 Å². The molecule has 102 valence electrons. The van der Waals surface area contributed by atoms with Crippen molar-refractivity contribution in [2.45, 2.75) is 17.9 Å². The van der Waals surface area contributed by atoms with Crippen molar-refractivity contribution < 1.29 is 8.42 Å². The second kappa shape index (κ2) is 6.12. The van der Waals surface area contributed by atoms with Crippen molar-refractivity contribution in [1.29, 1.82) is 0 Å². The number of rotatable bonds is 6. The topological polar surface area (TPSA) is 74.3 Å². The number of hydrogen-bond donors (Lipinski definition) is 2. The van der Waals surface area contributed by atoms with Crippen LogP contribution in [0.5, 0.6) is 0 Å². The minimum atomic E-state index is -3.55. The van der Waals surface area contributed by atoms with Crippen molar-refractivity contribution in [3.63, 3.8) is 0 Å². The van der Waals surface area contributed by atoms with E-state index in [2.05, 4.69) is 15.0 Å². The van der Waals surface area contributed by atoms with E-state index in [9.17, 15) is 8.42 Å². The van der Waals surface area contributed by atoms with E-state index < -0.39 is 10.0 Å². The fourth-order valence-electron chi connectivity index (χ4n) is 1.71. The van der Waals surface area contributed by atoms with Gasteiger partial charge in [0.2, 0.25) is 10.0 Å². The average molecular weight is 272 g/mol. The Hall–Kier alpha value is -1.18. The Morgan fingerprint density at radius 3 is 2.67 bits per heavy atom. The Morgan fingerprint density at radius 2 is 2.11 bits per heavy atom. The maximum absolute atomic E-state index is 12.2. The van der Waals surface area contributed by atoms with Crippen molar-refractivity contribution in [2.75, 3.05) is 33.0 Å². The van der Waals surface area contributed by atoms with Gasteiger partial charge in [0.05, 0.1) is 0 Å². The molecule has 0 spiro atoms. The van der Waals surface area contributed by atoms with Gasteiger partial charge in [0, 0.05) is 25.8 Å². The second-order valence-corrected chi connectivity index (χ2v) is 6.07. The first-order chi connectivity index (χ1) is 8.36. The zero-order valence-electron chi connectivity index (χ0n) is 11.1. The fourth-order valence-corrected chi connectivity index (χ4v) is 3.11. The molecule has 7 heteroatoms. The Labute approximate surface area is 108 Å². The monoisotopic (exact) mass is 272 g/mol. The molecule has 0 aromatic carbocycles. The van der Waals surface area contributed by atoms with Crippen LogP contribution in [0.1, 0.15) is 6.92 Å². The maximum Gasteiger partial charge on any atom is 0.244 e. The van der Waals surface area contributed by atoms with Gasteiger partial charge >= 0.3 is 0 Å². The van der Waals surface area contributed by atoms with Gasteiger partial charge in [-0.2, -0.15) is 0 Å². The lowest BCUT2D eigenvalue weighted by Gasteiger charge is -2.19. The van der Waals surface area contributed by atoms with Gasteiger partial charge in [0.15, 0.2) is 0 Å². The van der Waals surface area contributed by atoms with Gasteiger partial charge in [-0.15, -0.1) is 0 Å². The first kappa shape index (κ1) is 14.9. The Kier molecular flexibility index (Phi) is 5.06. The summed E-state index contributed by atoms with van der Waals surface area (Å²) in [7, 11) is 1.89. The molecule has 0 aliphatic heterocycles. The molecule has 1 atom stereocenters. The summed E-state index contributed by atoms with van der Waals surface area (Å²) in [5, 5.41) is 2.78. The minimum absolute atomic E-state index is 0.165. The number of anilines is 1. The first-order valence-electron chi connectivity index (χ1n) is 5.66. The molecular formula is C11H20N4O2S. The van der Waals surface area contributed by atoms with Crippen molar-refractivity contribution >= 4 is 15.8 Å². The third-order valence-corrected chi connectivity index (χ3v) is 3.91. The van der Waals surface area contributed by atoms with Crippen LogP contribution in [0.15, 0.2) is 23.2 Å². The highest BCUT2D eigenvalue weighted by Gasteiger charge is 2.21. The summed E-state index contributed by atoms with van der Waals surface area (Å²) in [6.45, 7) is 2.46. The molecule has 1 aromatic heterocycles.